The van der Waals surface area contributed by atoms with Crippen LogP contribution in [0.4, 0.5) is 13.2 Å². The van der Waals surface area contributed by atoms with E-state index in [0.717, 1.165) is 10.7 Å². The van der Waals surface area contributed by atoms with E-state index < -0.39 is 12.8 Å². The zero-order valence-electron chi connectivity index (χ0n) is 10.4. The summed E-state index contributed by atoms with van der Waals surface area (Å²) in [6.45, 7) is 3.45. The average Bonchev–Trinajstić information content (AvgIpc) is 2.68. The molecular weight excluding hydrogens is 265 g/mol. The van der Waals surface area contributed by atoms with Crippen molar-refractivity contribution in [2.75, 3.05) is 19.8 Å². The van der Waals surface area contributed by atoms with Gasteiger partial charge in [0, 0.05) is 17.7 Å². The standard InChI is InChI=1S/C11H17F3N2OS/c1-8-6-18-10(16-8)9(2)15-4-3-5-17-7-11(12,13)14/h6,9,15H,3-5,7H2,1-2H3. The van der Waals surface area contributed by atoms with Gasteiger partial charge in [0.05, 0.1) is 6.04 Å². The molecule has 1 unspecified atom stereocenters. The van der Waals surface area contributed by atoms with E-state index in [2.05, 4.69) is 15.0 Å². The molecule has 1 atom stereocenters. The molecule has 1 rings (SSSR count). The number of hydrogen-bond acceptors (Lipinski definition) is 4. The average molecular weight is 282 g/mol. The number of aryl methyl sites for hydroxylation is 1. The Labute approximate surface area is 108 Å². The highest BCUT2D eigenvalue weighted by molar-refractivity contribution is 7.09. The lowest BCUT2D eigenvalue weighted by atomic mass is 10.3. The number of alkyl halides is 3. The minimum atomic E-state index is -4.24. The fraction of sp³-hybridized carbons (Fsp3) is 0.727. The quantitative estimate of drug-likeness (QED) is 0.780. The molecule has 7 heteroatoms. The highest BCUT2D eigenvalue weighted by Gasteiger charge is 2.27. The van der Waals surface area contributed by atoms with Crippen molar-refractivity contribution in [1.29, 1.82) is 0 Å². The lowest BCUT2D eigenvalue weighted by Crippen LogP contribution is -2.22. The molecule has 1 N–H and O–H groups in total. The van der Waals surface area contributed by atoms with Crippen LogP contribution in [0.5, 0.6) is 0 Å². The third-order valence-electron chi connectivity index (χ3n) is 2.19. The third-order valence-corrected chi connectivity index (χ3v) is 3.33. The molecule has 0 aliphatic rings. The van der Waals surface area contributed by atoms with Crippen molar-refractivity contribution in [1.82, 2.24) is 10.3 Å². The van der Waals surface area contributed by atoms with Crippen LogP contribution in [0, 0.1) is 6.92 Å². The molecule has 0 aromatic carbocycles. The van der Waals surface area contributed by atoms with Crippen molar-refractivity contribution in [2.45, 2.75) is 32.5 Å². The number of nitrogens with zero attached hydrogens (tertiary/aromatic N) is 1. The van der Waals surface area contributed by atoms with E-state index in [9.17, 15) is 13.2 Å². The largest absolute Gasteiger partial charge is 0.411 e. The molecule has 104 valence electrons. The molecule has 18 heavy (non-hydrogen) atoms. The Morgan fingerprint density at radius 3 is 2.78 bits per heavy atom. The van der Waals surface area contributed by atoms with Gasteiger partial charge in [0.1, 0.15) is 11.6 Å². The summed E-state index contributed by atoms with van der Waals surface area (Å²) in [7, 11) is 0. The van der Waals surface area contributed by atoms with Gasteiger partial charge in [-0.15, -0.1) is 11.3 Å². The van der Waals surface area contributed by atoms with E-state index in [0.29, 0.717) is 13.0 Å². The Balaban J connectivity index is 2.08. The van der Waals surface area contributed by atoms with Gasteiger partial charge in [0.2, 0.25) is 0 Å². The van der Waals surface area contributed by atoms with E-state index in [1.54, 1.807) is 11.3 Å². The van der Waals surface area contributed by atoms with E-state index in [1.807, 2.05) is 19.2 Å². The molecule has 0 fully saturated rings. The van der Waals surface area contributed by atoms with E-state index >= 15 is 0 Å². The summed E-state index contributed by atoms with van der Waals surface area (Å²) < 4.78 is 39.8. The predicted molar refractivity (Wildman–Crippen MR) is 64.8 cm³/mol. The summed E-state index contributed by atoms with van der Waals surface area (Å²) >= 11 is 1.58. The summed E-state index contributed by atoms with van der Waals surface area (Å²) in [6, 6.07) is 0.117. The zero-order chi connectivity index (χ0) is 13.6. The number of ether oxygens (including phenoxy) is 1. The number of rotatable bonds is 7. The van der Waals surface area contributed by atoms with Gasteiger partial charge in [-0.2, -0.15) is 13.2 Å². The molecule has 1 aromatic heterocycles. The molecule has 0 bridgehead atoms. The highest BCUT2D eigenvalue weighted by atomic mass is 32.1. The second-order valence-corrected chi connectivity index (χ2v) is 4.91. The van der Waals surface area contributed by atoms with Gasteiger partial charge in [-0.1, -0.05) is 0 Å². The van der Waals surface area contributed by atoms with Crippen LogP contribution in [0.1, 0.15) is 30.1 Å². The molecule has 0 amide bonds. The molecule has 0 saturated carbocycles. The maximum Gasteiger partial charge on any atom is 0.411 e. The first-order valence-corrected chi connectivity index (χ1v) is 6.56. The molecule has 0 radical (unpaired) electrons. The maximum absolute atomic E-state index is 11.8. The van der Waals surface area contributed by atoms with Gasteiger partial charge in [-0.25, -0.2) is 4.98 Å². The van der Waals surface area contributed by atoms with E-state index in [-0.39, 0.29) is 12.6 Å². The second-order valence-electron chi connectivity index (χ2n) is 4.02. The first-order valence-electron chi connectivity index (χ1n) is 5.68. The minimum Gasteiger partial charge on any atom is -0.372 e. The van der Waals surface area contributed by atoms with Crippen LogP contribution in [-0.4, -0.2) is 30.9 Å². The molecule has 0 spiro atoms. The topological polar surface area (TPSA) is 34.1 Å². The zero-order valence-corrected chi connectivity index (χ0v) is 11.2. The van der Waals surface area contributed by atoms with E-state index in [4.69, 9.17) is 0 Å². The van der Waals surface area contributed by atoms with Gasteiger partial charge < -0.3 is 10.1 Å². The molecule has 3 nitrogen and oxygen atoms in total. The molecular formula is C11H17F3N2OS. The van der Waals surface area contributed by atoms with Crippen LogP contribution in [0.25, 0.3) is 0 Å². The van der Waals surface area contributed by atoms with Gasteiger partial charge in [0.15, 0.2) is 0 Å². The maximum atomic E-state index is 11.8. The van der Waals surface area contributed by atoms with Crippen molar-refractivity contribution in [2.24, 2.45) is 0 Å². The highest BCUT2D eigenvalue weighted by Crippen LogP contribution is 2.17. The monoisotopic (exact) mass is 282 g/mol. The van der Waals surface area contributed by atoms with Crippen LogP contribution >= 0.6 is 11.3 Å². The summed E-state index contributed by atoms with van der Waals surface area (Å²) in [5.41, 5.74) is 0.983. The first kappa shape index (κ1) is 15.4. The molecule has 0 aliphatic heterocycles. The Kier molecular flexibility index (Phi) is 6.04. The van der Waals surface area contributed by atoms with E-state index in [1.165, 1.54) is 0 Å². The van der Waals surface area contributed by atoms with Crippen molar-refractivity contribution in [3.05, 3.63) is 16.1 Å². The fourth-order valence-corrected chi connectivity index (χ4v) is 2.17. The Morgan fingerprint density at radius 1 is 1.50 bits per heavy atom. The normalized spacial score (nSPS) is 13.8. The summed E-state index contributed by atoms with van der Waals surface area (Å²) in [6.07, 6.45) is -3.69. The minimum absolute atomic E-state index is 0.107. The SMILES string of the molecule is Cc1csc(C(C)NCCCOCC(F)(F)F)n1. The number of hydrogen-bond donors (Lipinski definition) is 1. The molecule has 0 aliphatic carbocycles. The Hall–Kier alpha value is -0.660. The molecule has 1 aromatic rings. The van der Waals surface area contributed by atoms with Gasteiger partial charge in [-0.05, 0) is 26.8 Å². The summed E-state index contributed by atoms with van der Waals surface area (Å²) in [5, 5.41) is 6.16. The van der Waals surface area contributed by atoms with Crippen molar-refractivity contribution < 1.29 is 17.9 Å². The first-order chi connectivity index (χ1) is 8.38. The van der Waals surface area contributed by atoms with Crippen LogP contribution in [0.3, 0.4) is 0 Å². The van der Waals surface area contributed by atoms with Crippen LogP contribution < -0.4 is 5.32 Å². The van der Waals surface area contributed by atoms with Crippen molar-refractivity contribution in [3.8, 4) is 0 Å². The van der Waals surface area contributed by atoms with Gasteiger partial charge >= 0.3 is 6.18 Å². The Morgan fingerprint density at radius 2 is 2.22 bits per heavy atom. The van der Waals surface area contributed by atoms with Gasteiger partial charge in [0.25, 0.3) is 0 Å². The fourth-order valence-electron chi connectivity index (χ4n) is 1.34. The predicted octanol–water partition coefficient (Wildman–Crippen LogP) is 3.07. The lowest BCUT2D eigenvalue weighted by Gasteiger charge is -2.11. The Bertz CT molecular complexity index is 354. The van der Waals surface area contributed by atoms with Crippen LogP contribution in [-0.2, 0) is 4.74 Å². The molecule has 0 saturated heterocycles. The van der Waals surface area contributed by atoms with Crippen LogP contribution in [0.2, 0.25) is 0 Å². The number of halogens is 3. The second kappa shape index (κ2) is 7.06. The molecule has 1 heterocycles. The number of aromatic nitrogens is 1. The summed E-state index contributed by atoms with van der Waals surface area (Å²) in [4.78, 5) is 4.33. The smallest absolute Gasteiger partial charge is 0.372 e. The lowest BCUT2D eigenvalue weighted by molar-refractivity contribution is -0.173. The van der Waals surface area contributed by atoms with Crippen LogP contribution in [0.15, 0.2) is 5.38 Å². The van der Waals surface area contributed by atoms with Crippen molar-refractivity contribution in [3.63, 3.8) is 0 Å². The summed E-state index contributed by atoms with van der Waals surface area (Å²) in [5.74, 6) is 0. The third kappa shape index (κ3) is 6.32. The van der Waals surface area contributed by atoms with Gasteiger partial charge in [-0.3, -0.25) is 0 Å². The van der Waals surface area contributed by atoms with Crippen molar-refractivity contribution >= 4 is 11.3 Å². The number of thiazole rings is 1. The number of nitrogens with one attached hydrogen (secondary N) is 1.